The highest BCUT2D eigenvalue weighted by atomic mass is 32.1. The van der Waals surface area contributed by atoms with Crippen LogP contribution in [0, 0.1) is 37.0 Å². The fourth-order valence-electron chi connectivity index (χ4n) is 9.20. The maximum absolute atomic E-state index is 13.4. The zero-order chi connectivity index (χ0) is 31.9. The molecule has 47 heavy (non-hydrogen) atoms. The van der Waals surface area contributed by atoms with E-state index in [4.69, 9.17) is 14.8 Å². The van der Waals surface area contributed by atoms with Gasteiger partial charge in [-0.3, -0.25) is 9.08 Å². The summed E-state index contributed by atoms with van der Waals surface area (Å²) in [5.41, 5.74) is 7.28. The molecular weight excluding hydrogens is 609 g/mol. The summed E-state index contributed by atoms with van der Waals surface area (Å²) in [7, 11) is 1.41. The standard InChI is InChI=1S/C36H36N8O2S/c1-20-10-28(41-42-32(20)40-35-39-27-6-4-5-7-30(27)47-35)29-18-37-33-31(34(45)46-3)25(8-9-43(29)33)26-17-38-44(21(26)2)19-36-14-22-11-23(15-36)13-24(12-22)16-36/h4-10,17-18,22-24H,11-16,19H2,1-3H3,(H,39,40,42). The monoisotopic (exact) mass is 644 g/mol. The number of fused-ring (bicyclic) bond motifs is 2. The van der Waals surface area contributed by atoms with Gasteiger partial charge in [-0.05, 0) is 105 Å². The number of anilines is 2. The van der Waals surface area contributed by atoms with Crippen molar-refractivity contribution in [1.29, 1.82) is 0 Å². The molecule has 4 bridgehead atoms. The molecule has 1 aromatic carbocycles. The Morgan fingerprint density at radius 3 is 2.51 bits per heavy atom. The van der Waals surface area contributed by atoms with Crippen molar-refractivity contribution in [2.24, 2.45) is 23.2 Å². The molecule has 4 aliphatic carbocycles. The molecule has 10 rings (SSSR count). The molecule has 4 fully saturated rings. The molecule has 5 heterocycles. The Bertz CT molecular complexity index is 2130. The highest BCUT2D eigenvalue weighted by Crippen LogP contribution is 2.60. The average molecular weight is 645 g/mol. The Kier molecular flexibility index (Phi) is 6.50. The first-order valence-electron chi connectivity index (χ1n) is 16.4. The second kappa shape index (κ2) is 10.7. The average Bonchev–Trinajstić information content (AvgIpc) is 3.77. The van der Waals surface area contributed by atoms with E-state index in [0.29, 0.717) is 28.1 Å². The van der Waals surface area contributed by atoms with Gasteiger partial charge in [-0.25, -0.2) is 14.8 Å². The number of hydrogen-bond donors (Lipinski definition) is 1. The summed E-state index contributed by atoms with van der Waals surface area (Å²) >= 11 is 1.57. The quantitative estimate of drug-likeness (QED) is 0.177. The van der Waals surface area contributed by atoms with E-state index in [0.717, 1.165) is 67.7 Å². The number of aromatic nitrogens is 7. The number of benzene rings is 1. The van der Waals surface area contributed by atoms with Crippen LogP contribution >= 0.6 is 11.3 Å². The van der Waals surface area contributed by atoms with Crippen molar-refractivity contribution in [2.75, 3.05) is 12.4 Å². The number of carbonyl (C=O) groups is 1. The van der Waals surface area contributed by atoms with Gasteiger partial charge >= 0.3 is 5.97 Å². The molecule has 6 aromatic rings. The summed E-state index contributed by atoms with van der Waals surface area (Å²) in [5.74, 6) is 2.87. The lowest BCUT2D eigenvalue weighted by Gasteiger charge is -2.56. The van der Waals surface area contributed by atoms with Crippen LogP contribution in [0.3, 0.4) is 0 Å². The van der Waals surface area contributed by atoms with Crippen LogP contribution in [-0.4, -0.2) is 47.4 Å². The topological polar surface area (TPSA) is 112 Å². The number of nitrogens with one attached hydrogen (secondary N) is 1. The summed E-state index contributed by atoms with van der Waals surface area (Å²) in [4.78, 5) is 22.8. The van der Waals surface area contributed by atoms with Crippen molar-refractivity contribution in [1.82, 2.24) is 34.3 Å². The smallest absolute Gasteiger partial charge is 0.342 e. The first-order valence-corrected chi connectivity index (χ1v) is 17.3. The summed E-state index contributed by atoms with van der Waals surface area (Å²) in [5, 5.41) is 18.0. The number of aryl methyl sites for hydroxylation is 1. The molecule has 0 unspecified atom stereocenters. The molecule has 0 amide bonds. The number of nitrogens with zero attached hydrogens (tertiary/aromatic N) is 7. The first-order chi connectivity index (χ1) is 22.9. The van der Waals surface area contributed by atoms with Crippen LogP contribution in [-0.2, 0) is 11.3 Å². The molecule has 1 N–H and O–H groups in total. The largest absolute Gasteiger partial charge is 0.465 e. The second-order valence-corrected chi connectivity index (χ2v) is 15.1. The molecule has 4 saturated carbocycles. The van der Waals surface area contributed by atoms with Gasteiger partial charge in [0.15, 0.2) is 16.6 Å². The van der Waals surface area contributed by atoms with Gasteiger partial charge < -0.3 is 10.1 Å². The minimum absolute atomic E-state index is 0.356. The van der Waals surface area contributed by atoms with Gasteiger partial charge in [0.05, 0.1) is 35.4 Å². The van der Waals surface area contributed by atoms with E-state index in [-0.39, 0.29) is 0 Å². The lowest BCUT2D eigenvalue weighted by molar-refractivity contribution is -0.0638. The maximum Gasteiger partial charge on any atom is 0.342 e. The van der Waals surface area contributed by atoms with Crippen molar-refractivity contribution in [3.63, 3.8) is 0 Å². The Balaban J connectivity index is 1.04. The van der Waals surface area contributed by atoms with Crippen LogP contribution in [0.25, 0.3) is 38.4 Å². The van der Waals surface area contributed by atoms with Gasteiger partial charge in [-0.2, -0.15) is 5.10 Å². The number of imidazole rings is 1. The number of thiazole rings is 1. The van der Waals surface area contributed by atoms with E-state index < -0.39 is 5.97 Å². The van der Waals surface area contributed by atoms with Crippen LogP contribution in [0.15, 0.2) is 55.0 Å². The second-order valence-electron chi connectivity index (χ2n) is 14.0. The Morgan fingerprint density at radius 1 is 1.02 bits per heavy atom. The Labute approximate surface area is 276 Å². The van der Waals surface area contributed by atoms with Gasteiger partial charge in [-0.15, -0.1) is 10.2 Å². The van der Waals surface area contributed by atoms with E-state index in [1.54, 1.807) is 17.5 Å². The minimum atomic E-state index is -0.436. The highest BCUT2D eigenvalue weighted by Gasteiger charge is 2.51. The molecular formula is C36H36N8O2S. The third kappa shape index (κ3) is 4.73. The lowest BCUT2D eigenvalue weighted by Crippen LogP contribution is -2.48. The molecule has 0 atom stereocenters. The van der Waals surface area contributed by atoms with Crippen molar-refractivity contribution in [3.05, 3.63) is 71.8 Å². The van der Waals surface area contributed by atoms with Gasteiger partial charge in [0.2, 0.25) is 0 Å². The number of para-hydroxylation sites is 1. The molecule has 5 aromatic heterocycles. The predicted molar refractivity (Wildman–Crippen MR) is 182 cm³/mol. The fraction of sp³-hybridized carbons (Fsp3) is 0.389. The van der Waals surface area contributed by atoms with Crippen molar-refractivity contribution in [3.8, 4) is 22.5 Å². The van der Waals surface area contributed by atoms with Crippen molar-refractivity contribution in [2.45, 2.75) is 58.9 Å². The molecule has 10 nitrogen and oxygen atoms in total. The van der Waals surface area contributed by atoms with Crippen molar-refractivity contribution >= 4 is 44.1 Å². The van der Waals surface area contributed by atoms with E-state index >= 15 is 0 Å². The van der Waals surface area contributed by atoms with Crippen LogP contribution in [0.1, 0.15) is 60.1 Å². The van der Waals surface area contributed by atoms with E-state index in [2.05, 4.69) is 38.2 Å². The molecule has 0 radical (unpaired) electrons. The third-order valence-corrected chi connectivity index (χ3v) is 11.8. The summed E-state index contributed by atoms with van der Waals surface area (Å²) in [6.07, 6.45) is 13.8. The normalized spacial score (nSPS) is 23.2. The van der Waals surface area contributed by atoms with Crippen molar-refractivity contribution < 1.29 is 9.53 Å². The number of carbonyl (C=O) groups excluding carboxylic acids is 1. The van der Waals surface area contributed by atoms with Gasteiger partial charge in [0, 0.05) is 29.6 Å². The van der Waals surface area contributed by atoms with Crippen LogP contribution in [0.4, 0.5) is 10.9 Å². The van der Waals surface area contributed by atoms with Crippen LogP contribution in [0.2, 0.25) is 0 Å². The number of pyridine rings is 1. The Hall–Kier alpha value is -4.64. The zero-order valence-electron chi connectivity index (χ0n) is 26.7. The number of ether oxygens (including phenoxy) is 1. The number of hydrogen-bond acceptors (Lipinski definition) is 9. The third-order valence-electron chi connectivity index (χ3n) is 10.9. The predicted octanol–water partition coefficient (Wildman–Crippen LogP) is 7.63. The van der Waals surface area contributed by atoms with Gasteiger partial charge in [-0.1, -0.05) is 23.5 Å². The summed E-state index contributed by atoms with van der Waals surface area (Å²) < 4.78 is 10.5. The summed E-state index contributed by atoms with van der Waals surface area (Å²) in [6, 6.07) is 12.0. The van der Waals surface area contributed by atoms with E-state index in [1.165, 1.54) is 45.6 Å². The number of rotatable bonds is 7. The molecule has 238 valence electrons. The Morgan fingerprint density at radius 2 is 1.79 bits per heavy atom. The fourth-order valence-corrected chi connectivity index (χ4v) is 10.1. The van der Waals surface area contributed by atoms with Crippen LogP contribution < -0.4 is 5.32 Å². The van der Waals surface area contributed by atoms with E-state index in [9.17, 15) is 4.79 Å². The van der Waals surface area contributed by atoms with E-state index in [1.807, 2.05) is 54.0 Å². The summed E-state index contributed by atoms with van der Waals surface area (Å²) in [6.45, 7) is 5.06. The number of methoxy groups -OCH3 is 1. The first kappa shape index (κ1) is 28.6. The van der Waals surface area contributed by atoms with Crippen LogP contribution in [0.5, 0.6) is 0 Å². The zero-order valence-corrected chi connectivity index (χ0v) is 27.5. The molecule has 0 spiro atoms. The lowest BCUT2D eigenvalue weighted by atomic mass is 9.49. The molecule has 4 aliphatic rings. The minimum Gasteiger partial charge on any atom is -0.465 e. The SMILES string of the molecule is COC(=O)c1c(-c2cnn(CC34CC5CC(CC(C5)C3)C4)c2C)ccn2c(-c3cc(C)c(Nc4nc5ccccc5s4)nn3)cnc12. The molecule has 0 aliphatic heterocycles. The highest BCUT2D eigenvalue weighted by molar-refractivity contribution is 7.22. The number of esters is 1. The van der Waals surface area contributed by atoms with Gasteiger partial charge in [0.25, 0.3) is 0 Å². The maximum atomic E-state index is 13.4. The molecule has 11 heteroatoms. The van der Waals surface area contributed by atoms with Gasteiger partial charge in [0.1, 0.15) is 11.3 Å². The molecule has 0 saturated heterocycles.